The van der Waals surface area contributed by atoms with Gasteiger partial charge in [0.25, 0.3) is 0 Å². The molecule has 0 aliphatic carbocycles. The SMILES string of the molecule is Cc1cc(CNS(=O)(=O)c2ccc(OCCN)cc2)no1. The van der Waals surface area contributed by atoms with Crippen molar-refractivity contribution in [3.8, 4) is 5.75 Å². The molecule has 21 heavy (non-hydrogen) atoms. The summed E-state index contributed by atoms with van der Waals surface area (Å²) >= 11 is 0. The summed E-state index contributed by atoms with van der Waals surface area (Å²) in [6, 6.07) is 7.80. The number of ether oxygens (including phenoxy) is 1. The molecule has 0 saturated carbocycles. The van der Waals surface area contributed by atoms with E-state index in [2.05, 4.69) is 9.88 Å². The van der Waals surface area contributed by atoms with E-state index in [4.69, 9.17) is 15.0 Å². The third-order valence-corrected chi connectivity index (χ3v) is 4.06. The molecular formula is C13H17N3O4S. The van der Waals surface area contributed by atoms with Crippen LogP contribution in [0.1, 0.15) is 11.5 Å². The summed E-state index contributed by atoms with van der Waals surface area (Å²) in [6.07, 6.45) is 0. The molecule has 0 fully saturated rings. The van der Waals surface area contributed by atoms with Crippen LogP contribution in [0.15, 0.2) is 39.8 Å². The van der Waals surface area contributed by atoms with Crippen LogP contribution in [0.2, 0.25) is 0 Å². The average molecular weight is 311 g/mol. The maximum Gasteiger partial charge on any atom is 0.240 e. The highest BCUT2D eigenvalue weighted by Crippen LogP contribution is 2.16. The minimum absolute atomic E-state index is 0.0745. The normalized spacial score (nSPS) is 11.5. The fraction of sp³-hybridized carbons (Fsp3) is 0.308. The van der Waals surface area contributed by atoms with E-state index in [9.17, 15) is 8.42 Å². The molecule has 7 nitrogen and oxygen atoms in total. The van der Waals surface area contributed by atoms with Crippen LogP contribution in [-0.2, 0) is 16.6 Å². The van der Waals surface area contributed by atoms with Crippen molar-refractivity contribution in [2.45, 2.75) is 18.4 Å². The van der Waals surface area contributed by atoms with Crippen LogP contribution in [0, 0.1) is 6.92 Å². The van der Waals surface area contributed by atoms with Gasteiger partial charge in [0.2, 0.25) is 10.0 Å². The number of nitrogens with two attached hydrogens (primary N) is 1. The Morgan fingerprint density at radius 2 is 2.05 bits per heavy atom. The predicted molar refractivity (Wildman–Crippen MR) is 76.3 cm³/mol. The molecule has 0 aliphatic rings. The molecule has 1 aromatic heterocycles. The lowest BCUT2D eigenvalue weighted by molar-refractivity contribution is 0.328. The maximum absolute atomic E-state index is 12.1. The van der Waals surface area contributed by atoms with Crippen LogP contribution in [0.4, 0.5) is 0 Å². The van der Waals surface area contributed by atoms with E-state index in [0.717, 1.165) is 0 Å². The van der Waals surface area contributed by atoms with Gasteiger partial charge in [0, 0.05) is 12.6 Å². The molecule has 0 bridgehead atoms. The van der Waals surface area contributed by atoms with Crippen molar-refractivity contribution in [3.05, 3.63) is 41.8 Å². The Hall–Kier alpha value is -1.90. The van der Waals surface area contributed by atoms with Crippen molar-refractivity contribution in [3.63, 3.8) is 0 Å². The fourth-order valence-electron chi connectivity index (χ4n) is 1.65. The number of rotatable bonds is 7. The molecule has 1 heterocycles. The first-order chi connectivity index (χ1) is 10.0. The van der Waals surface area contributed by atoms with E-state index in [1.54, 1.807) is 25.1 Å². The first-order valence-corrected chi connectivity index (χ1v) is 7.84. The molecule has 0 unspecified atom stereocenters. The molecule has 0 atom stereocenters. The van der Waals surface area contributed by atoms with E-state index in [1.165, 1.54) is 12.1 Å². The van der Waals surface area contributed by atoms with Crippen LogP contribution >= 0.6 is 0 Å². The number of sulfonamides is 1. The molecule has 2 rings (SSSR count). The highest BCUT2D eigenvalue weighted by Gasteiger charge is 2.14. The van der Waals surface area contributed by atoms with Crippen molar-refractivity contribution in [1.29, 1.82) is 0 Å². The molecule has 1 aromatic carbocycles. The zero-order valence-electron chi connectivity index (χ0n) is 11.6. The monoisotopic (exact) mass is 311 g/mol. The maximum atomic E-state index is 12.1. The Morgan fingerprint density at radius 3 is 2.62 bits per heavy atom. The summed E-state index contributed by atoms with van der Waals surface area (Å²) in [4.78, 5) is 0.155. The second kappa shape index (κ2) is 6.70. The van der Waals surface area contributed by atoms with Crippen molar-refractivity contribution < 1.29 is 17.7 Å². The van der Waals surface area contributed by atoms with Gasteiger partial charge in [-0.1, -0.05) is 5.16 Å². The van der Waals surface area contributed by atoms with Gasteiger partial charge in [-0.2, -0.15) is 0 Å². The van der Waals surface area contributed by atoms with Gasteiger partial charge < -0.3 is 15.0 Å². The molecule has 3 N–H and O–H groups in total. The van der Waals surface area contributed by atoms with Gasteiger partial charge in [0.05, 0.1) is 17.1 Å². The topological polar surface area (TPSA) is 107 Å². The Morgan fingerprint density at radius 1 is 1.33 bits per heavy atom. The van der Waals surface area contributed by atoms with E-state index in [1.807, 2.05) is 0 Å². The van der Waals surface area contributed by atoms with Crippen LogP contribution < -0.4 is 15.2 Å². The number of benzene rings is 1. The molecule has 0 radical (unpaired) electrons. The standard InChI is InChI=1S/C13H17N3O4S/c1-10-8-11(16-20-10)9-15-21(17,18)13-4-2-12(3-5-13)19-7-6-14/h2-5,8,15H,6-7,9,14H2,1H3. The highest BCUT2D eigenvalue weighted by molar-refractivity contribution is 7.89. The Bertz CT molecular complexity index is 680. The summed E-state index contributed by atoms with van der Waals surface area (Å²) < 4.78 is 36.8. The second-order valence-electron chi connectivity index (χ2n) is 4.36. The summed E-state index contributed by atoms with van der Waals surface area (Å²) in [5.41, 5.74) is 5.85. The lowest BCUT2D eigenvalue weighted by Gasteiger charge is -2.07. The molecule has 114 valence electrons. The summed E-state index contributed by atoms with van der Waals surface area (Å²) in [7, 11) is -3.60. The smallest absolute Gasteiger partial charge is 0.240 e. The van der Waals surface area contributed by atoms with Crippen LogP contribution in [0.5, 0.6) is 5.75 Å². The van der Waals surface area contributed by atoms with Crippen LogP contribution in [0.25, 0.3) is 0 Å². The van der Waals surface area contributed by atoms with E-state index >= 15 is 0 Å². The van der Waals surface area contributed by atoms with Gasteiger partial charge in [0.1, 0.15) is 18.1 Å². The molecule has 0 amide bonds. The van der Waals surface area contributed by atoms with Gasteiger partial charge in [-0.25, -0.2) is 13.1 Å². The molecule has 0 saturated heterocycles. The predicted octanol–water partition coefficient (Wildman–Crippen LogP) is 0.799. The number of aromatic nitrogens is 1. The van der Waals surface area contributed by atoms with Crippen LogP contribution in [-0.4, -0.2) is 26.7 Å². The fourth-order valence-corrected chi connectivity index (χ4v) is 2.64. The number of hydrogen-bond donors (Lipinski definition) is 2. The molecule has 8 heteroatoms. The van der Waals surface area contributed by atoms with Crippen molar-refractivity contribution >= 4 is 10.0 Å². The van der Waals surface area contributed by atoms with Crippen molar-refractivity contribution in [2.24, 2.45) is 5.73 Å². The van der Waals surface area contributed by atoms with Crippen molar-refractivity contribution in [2.75, 3.05) is 13.2 Å². The van der Waals surface area contributed by atoms with Gasteiger partial charge in [0.15, 0.2) is 0 Å². The Kier molecular flexibility index (Phi) is 4.94. The summed E-state index contributed by atoms with van der Waals surface area (Å²) in [6.45, 7) is 2.60. The minimum Gasteiger partial charge on any atom is -0.492 e. The molecular weight excluding hydrogens is 294 g/mol. The van der Waals surface area contributed by atoms with Gasteiger partial charge in [-0.3, -0.25) is 0 Å². The van der Waals surface area contributed by atoms with E-state index in [-0.39, 0.29) is 11.4 Å². The number of nitrogens with zero attached hydrogens (tertiary/aromatic N) is 1. The van der Waals surface area contributed by atoms with E-state index < -0.39 is 10.0 Å². The number of nitrogens with one attached hydrogen (secondary N) is 1. The number of hydrogen-bond acceptors (Lipinski definition) is 6. The summed E-state index contributed by atoms with van der Waals surface area (Å²) in [5.74, 6) is 1.21. The molecule has 0 spiro atoms. The summed E-state index contributed by atoms with van der Waals surface area (Å²) in [5, 5.41) is 3.73. The first-order valence-electron chi connectivity index (χ1n) is 6.36. The zero-order chi connectivity index (χ0) is 15.3. The Balaban J connectivity index is 2.01. The third-order valence-electron chi connectivity index (χ3n) is 2.64. The number of aryl methyl sites for hydroxylation is 1. The molecule has 2 aromatic rings. The van der Waals surface area contributed by atoms with Gasteiger partial charge in [-0.15, -0.1) is 0 Å². The lowest BCUT2D eigenvalue weighted by atomic mass is 10.3. The zero-order valence-corrected chi connectivity index (χ0v) is 12.4. The van der Waals surface area contributed by atoms with E-state index in [0.29, 0.717) is 30.4 Å². The quantitative estimate of drug-likeness (QED) is 0.783. The lowest BCUT2D eigenvalue weighted by Crippen LogP contribution is -2.23. The largest absolute Gasteiger partial charge is 0.492 e. The van der Waals surface area contributed by atoms with Crippen LogP contribution in [0.3, 0.4) is 0 Å². The van der Waals surface area contributed by atoms with Crippen molar-refractivity contribution in [1.82, 2.24) is 9.88 Å². The average Bonchev–Trinajstić information content (AvgIpc) is 2.89. The highest BCUT2D eigenvalue weighted by atomic mass is 32.2. The third kappa shape index (κ3) is 4.28. The van der Waals surface area contributed by atoms with Gasteiger partial charge >= 0.3 is 0 Å². The first kappa shape index (κ1) is 15.5. The van der Waals surface area contributed by atoms with Gasteiger partial charge in [-0.05, 0) is 31.2 Å². The Labute approximate surface area is 123 Å². The minimum atomic E-state index is -3.60. The molecule has 0 aliphatic heterocycles. The second-order valence-corrected chi connectivity index (χ2v) is 6.13.